The molecule has 1 aliphatic heterocycles. The summed E-state index contributed by atoms with van der Waals surface area (Å²) in [6.07, 6.45) is 1.72. The molecule has 0 aliphatic carbocycles. The lowest BCUT2D eigenvalue weighted by molar-refractivity contribution is 0.00578. The van der Waals surface area contributed by atoms with E-state index in [0.717, 1.165) is 11.2 Å². The molecule has 0 atom stereocenters. The van der Waals surface area contributed by atoms with Crippen molar-refractivity contribution in [2.24, 2.45) is 0 Å². The minimum absolute atomic E-state index is 0.321. The van der Waals surface area contributed by atoms with Crippen LogP contribution >= 0.6 is 0 Å². The third-order valence-electron chi connectivity index (χ3n) is 3.81. The van der Waals surface area contributed by atoms with Crippen molar-refractivity contribution in [2.75, 3.05) is 0 Å². The molecular formula is C13H21BN2O2. The van der Waals surface area contributed by atoms with E-state index in [1.807, 2.05) is 33.8 Å². The minimum atomic E-state index is -0.358. The first-order valence-electron chi connectivity index (χ1n) is 6.41. The molecule has 18 heavy (non-hydrogen) atoms. The van der Waals surface area contributed by atoms with Crippen molar-refractivity contribution >= 4 is 12.6 Å². The van der Waals surface area contributed by atoms with Gasteiger partial charge in [0.05, 0.1) is 16.9 Å². The van der Waals surface area contributed by atoms with Crippen molar-refractivity contribution in [1.82, 2.24) is 10.2 Å². The van der Waals surface area contributed by atoms with Crippen LogP contribution in [0.1, 0.15) is 53.2 Å². The van der Waals surface area contributed by atoms with Gasteiger partial charge in [0.1, 0.15) is 0 Å². The lowest BCUT2D eigenvalue weighted by Gasteiger charge is -2.32. The molecule has 5 heteroatoms. The summed E-state index contributed by atoms with van der Waals surface area (Å²) >= 11 is 0. The van der Waals surface area contributed by atoms with Crippen LogP contribution in [-0.4, -0.2) is 28.5 Å². The third-order valence-corrected chi connectivity index (χ3v) is 3.81. The third kappa shape index (κ3) is 2.29. The normalized spacial score (nSPS) is 21.6. The second kappa shape index (κ2) is 4.32. The maximum Gasteiger partial charge on any atom is 0.496 e. The molecular weight excluding hydrogens is 227 g/mol. The Hall–Kier alpha value is -0.935. The second-order valence-electron chi connectivity index (χ2n) is 6.16. The van der Waals surface area contributed by atoms with Crippen molar-refractivity contribution in [2.45, 2.75) is 58.7 Å². The summed E-state index contributed by atoms with van der Waals surface area (Å²) in [5.41, 5.74) is 1.26. The molecule has 1 aromatic heterocycles. The molecule has 2 rings (SSSR count). The van der Waals surface area contributed by atoms with Crippen molar-refractivity contribution in [3.8, 4) is 0 Å². The van der Waals surface area contributed by atoms with Crippen LogP contribution in [0.3, 0.4) is 0 Å². The molecule has 4 nitrogen and oxygen atoms in total. The summed E-state index contributed by atoms with van der Waals surface area (Å²) in [5, 5.41) is 8.16. The van der Waals surface area contributed by atoms with E-state index in [2.05, 4.69) is 24.0 Å². The largest absolute Gasteiger partial charge is 0.496 e. The van der Waals surface area contributed by atoms with Crippen molar-refractivity contribution < 1.29 is 9.31 Å². The first-order chi connectivity index (χ1) is 8.23. The Bertz CT molecular complexity index is 430. The van der Waals surface area contributed by atoms with E-state index < -0.39 is 0 Å². The molecule has 0 radical (unpaired) electrons. The predicted molar refractivity (Wildman–Crippen MR) is 71.8 cm³/mol. The van der Waals surface area contributed by atoms with Gasteiger partial charge in [-0.25, -0.2) is 0 Å². The summed E-state index contributed by atoms with van der Waals surface area (Å²) in [7, 11) is -0.358. The average molecular weight is 248 g/mol. The van der Waals surface area contributed by atoms with Crippen LogP contribution in [0.2, 0.25) is 0 Å². The number of nitrogens with zero attached hydrogens (tertiary/aromatic N) is 2. The van der Waals surface area contributed by atoms with E-state index in [4.69, 9.17) is 9.31 Å². The Kier molecular flexibility index (Phi) is 3.24. The standard InChI is InChI=1S/C13H21BN2O2/c1-9(2)11-7-10(8-15-16-11)14-17-12(3,4)13(5,6)18-14/h7-9H,1-6H3. The zero-order valence-electron chi connectivity index (χ0n) is 12.0. The van der Waals surface area contributed by atoms with Gasteiger partial charge in [-0.3, -0.25) is 0 Å². The van der Waals surface area contributed by atoms with Gasteiger partial charge in [0.15, 0.2) is 0 Å². The van der Waals surface area contributed by atoms with Gasteiger partial charge in [0.2, 0.25) is 0 Å². The summed E-state index contributed by atoms with van der Waals surface area (Å²) in [6, 6.07) is 2.01. The fourth-order valence-electron chi connectivity index (χ4n) is 1.79. The van der Waals surface area contributed by atoms with E-state index in [9.17, 15) is 0 Å². The Balaban J connectivity index is 2.27. The number of rotatable bonds is 2. The highest BCUT2D eigenvalue weighted by Crippen LogP contribution is 2.36. The lowest BCUT2D eigenvalue weighted by Crippen LogP contribution is -2.41. The maximum atomic E-state index is 5.99. The van der Waals surface area contributed by atoms with E-state index >= 15 is 0 Å². The number of aromatic nitrogens is 2. The highest BCUT2D eigenvalue weighted by molar-refractivity contribution is 6.62. The lowest BCUT2D eigenvalue weighted by atomic mass is 9.80. The molecule has 0 saturated carbocycles. The van der Waals surface area contributed by atoms with Crippen molar-refractivity contribution in [3.05, 3.63) is 18.0 Å². The monoisotopic (exact) mass is 248 g/mol. The van der Waals surface area contributed by atoms with Gasteiger partial charge in [0.25, 0.3) is 0 Å². The Morgan fingerprint density at radius 1 is 1.11 bits per heavy atom. The zero-order valence-corrected chi connectivity index (χ0v) is 12.0. The fourth-order valence-corrected chi connectivity index (χ4v) is 1.79. The van der Waals surface area contributed by atoms with E-state index in [1.165, 1.54) is 0 Å². The Morgan fingerprint density at radius 2 is 1.67 bits per heavy atom. The highest BCUT2D eigenvalue weighted by Gasteiger charge is 2.51. The van der Waals surface area contributed by atoms with Crippen molar-refractivity contribution in [1.29, 1.82) is 0 Å². The molecule has 0 unspecified atom stereocenters. The molecule has 1 fully saturated rings. The molecule has 0 amide bonds. The second-order valence-corrected chi connectivity index (χ2v) is 6.16. The summed E-state index contributed by atoms with van der Waals surface area (Å²) in [5.74, 6) is 0.347. The van der Waals surface area contributed by atoms with Gasteiger partial charge in [-0.05, 0) is 39.7 Å². The predicted octanol–water partition coefficient (Wildman–Crippen LogP) is 1.90. The van der Waals surface area contributed by atoms with Crippen LogP contribution in [0.25, 0.3) is 0 Å². The highest BCUT2D eigenvalue weighted by atomic mass is 16.7. The van der Waals surface area contributed by atoms with Gasteiger partial charge < -0.3 is 9.31 Å². The summed E-state index contributed by atoms with van der Waals surface area (Å²) in [4.78, 5) is 0. The van der Waals surface area contributed by atoms with Gasteiger partial charge in [-0.2, -0.15) is 10.2 Å². The zero-order chi connectivity index (χ0) is 13.6. The number of hydrogen-bond acceptors (Lipinski definition) is 4. The Labute approximate surface area is 109 Å². The first kappa shape index (κ1) is 13.5. The molecule has 0 spiro atoms. The SMILES string of the molecule is CC(C)c1cc(B2OC(C)(C)C(C)(C)O2)cnn1. The molecule has 0 bridgehead atoms. The van der Waals surface area contributed by atoms with Crippen LogP contribution < -0.4 is 5.46 Å². The quantitative estimate of drug-likeness (QED) is 0.750. The Morgan fingerprint density at radius 3 is 2.17 bits per heavy atom. The van der Waals surface area contributed by atoms with Gasteiger partial charge in [0, 0.05) is 11.7 Å². The molecule has 1 aromatic rings. The van der Waals surface area contributed by atoms with Gasteiger partial charge >= 0.3 is 7.12 Å². The van der Waals surface area contributed by atoms with E-state index in [1.54, 1.807) is 6.20 Å². The average Bonchev–Trinajstić information content (AvgIpc) is 2.48. The summed E-state index contributed by atoms with van der Waals surface area (Å²) in [6.45, 7) is 12.4. The fraction of sp³-hybridized carbons (Fsp3) is 0.692. The van der Waals surface area contributed by atoms with Gasteiger partial charge in [-0.1, -0.05) is 13.8 Å². The molecule has 2 heterocycles. The maximum absolute atomic E-state index is 5.99. The summed E-state index contributed by atoms with van der Waals surface area (Å²) < 4.78 is 12.0. The topological polar surface area (TPSA) is 44.2 Å². The molecule has 1 aliphatic rings. The minimum Gasteiger partial charge on any atom is -0.399 e. The van der Waals surface area contributed by atoms with Crippen LogP contribution in [-0.2, 0) is 9.31 Å². The smallest absolute Gasteiger partial charge is 0.399 e. The van der Waals surface area contributed by atoms with Crippen LogP contribution in [0.5, 0.6) is 0 Å². The van der Waals surface area contributed by atoms with Crippen molar-refractivity contribution in [3.63, 3.8) is 0 Å². The molecule has 98 valence electrons. The van der Waals surface area contributed by atoms with Crippen LogP contribution in [0, 0.1) is 0 Å². The van der Waals surface area contributed by atoms with E-state index in [-0.39, 0.29) is 18.3 Å². The number of hydrogen-bond donors (Lipinski definition) is 0. The molecule has 0 aromatic carbocycles. The van der Waals surface area contributed by atoms with Gasteiger partial charge in [-0.15, -0.1) is 0 Å². The molecule has 0 N–H and O–H groups in total. The molecule has 1 saturated heterocycles. The van der Waals surface area contributed by atoms with Crippen LogP contribution in [0.15, 0.2) is 12.3 Å². The van der Waals surface area contributed by atoms with E-state index in [0.29, 0.717) is 5.92 Å². The van der Waals surface area contributed by atoms with Crippen LogP contribution in [0.4, 0.5) is 0 Å². The first-order valence-corrected chi connectivity index (χ1v) is 6.41.